The van der Waals surface area contributed by atoms with E-state index >= 15 is 0 Å². The Morgan fingerprint density at radius 3 is 2.59 bits per heavy atom. The molecule has 1 aliphatic carbocycles. The van der Waals surface area contributed by atoms with E-state index in [4.69, 9.17) is 9.47 Å². The molecule has 0 aromatic carbocycles. The minimum absolute atomic E-state index is 0.262. The average molecular weight is 393 g/mol. The minimum Gasteiger partial charge on any atom is -0.481 e. The number of fused-ring (bicyclic) bond motifs is 3. The Morgan fingerprint density at radius 2 is 1.89 bits per heavy atom. The van der Waals surface area contributed by atoms with Crippen molar-refractivity contribution >= 4 is 34.2 Å². The van der Waals surface area contributed by atoms with Crippen LogP contribution in [0.4, 0.5) is 5.00 Å². The second kappa shape index (κ2) is 7.24. The molecule has 0 saturated carbocycles. The number of carboxylic acid groups (broad SMARTS) is 1. The van der Waals surface area contributed by atoms with Crippen LogP contribution < -0.4 is 5.32 Å². The van der Waals surface area contributed by atoms with Crippen molar-refractivity contribution in [2.75, 3.05) is 11.9 Å². The fraction of sp³-hybridized carbons (Fsp3) is 0.632. The number of carbonyl (C=O) groups excluding carboxylic acids is 2. The van der Waals surface area contributed by atoms with Gasteiger partial charge in [0.1, 0.15) is 5.00 Å². The average Bonchev–Trinajstić information content (AvgIpc) is 3.33. The summed E-state index contributed by atoms with van der Waals surface area (Å²) in [5, 5.41) is 12.9. The number of esters is 1. The lowest BCUT2D eigenvalue weighted by Crippen LogP contribution is -2.41. The molecule has 3 heterocycles. The molecule has 2 fully saturated rings. The van der Waals surface area contributed by atoms with Crippen LogP contribution in [0.5, 0.6) is 0 Å². The fourth-order valence-electron chi connectivity index (χ4n) is 4.59. The number of carboxylic acids is 1. The van der Waals surface area contributed by atoms with Gasteiger partial charge in [-0.2, -0.15) is 0 Å². The fourth-order valence-corrected chi connectivity index (χ4v) is 5.87. The maximum absolute atomic E-state index is 13.0. The zero-order chi connectivity index (χ0) is 19.1. The minimum atomic E-state index is -1.00. The summed E-state index contributed by atoms with van der Waals surface area (Å²) in [7, 11) is 0. The summed E-state index contributed by atoms with van der Waals surface area (Å²) in [5.41, 5.74) is 1.42. The molecule has 1 amide bonds. The molecule has 8 heteroatoms. The molecule has 4 atom stereocenters. The first-order chi connectivity index (χ1) is 13.0. The van der Waals surface area contributed by atoms with Crippen LogP contribution in [0.25, 0.3) is 0 Å². The van der Waals surface area contributed by atoms with Gasteiger partial charge in [0.25, 0.3) is 0 Å². The highest BCUT2D eigenvalue weighted by molar-refractivity contribution is 7.17. The normalized spacial score (nSPS) is 28.6. The lowest BCUT2D eigenvalue weighted by molar-refractivity contribution is -0.147. The molecule has 2 bridgehead atoms. The number of amides is 1. The van der Waals surface area contributed by atoms with E-state index in [2.05, 4.69) is 5.32 Å². The Kier molecular flexibility index (Phi) is 4.94. The van der Waals surface area contributed by atoms with E-state index in [1.165, 1.54) is 11.3 Å². The van der Waals surface area contributed by atoms with E-state index in [1.807, 2.05) is 0 Å². The van der Waals surface area contributed by atoms with Gasteiger partial charge < -0.3 is 19.9 Å². The lowest BCUT2D eigenvalue weighted by Gasteiger charge is -2.23. The molecule has 7 nitrogen and oxygen atoms in total. The zero-order valence-corrected chi connectivity index (χ0v) is 16.0. The molecule has 0 unspecified atom stereocenters. The third-order valence-electron chi connectivity index (χ3n) is 5.75. The molecule has 2 N–H and O–H groups in total. The predicted octanol–water partition coefficient (Wildman–Crippen LogP) is 2.62. The third-order valence-corrected chi connectivity index (χ3v) is 6.96. The van der Waals surface area contributed by atoms with Crippen molar-refractivity contribution in [2.45, 2.75) is 57.7 Å². The maximum atomic E-state index is 13.0. The second-order valence-electron chi connectivity index (χ2n) is 7.30. The van der Waals surface area contributed by atoms with E-state index in [-0.39, 0.29) is 18.6 Å². The smallest absolute Gasteiger partial charge is 0.341 e. The molecular formula is C19H23NO6S. The van der Waals surface area contributed by atoms with Crippen LogP contribution in [-0.2, 0) is 31.9 Å². The molecule has 1 aromatic rings. The number of carbonyl (C=O) groups is 3. The van der Waals surface area contributed by atoms with Crippen molar-refractivity contribution in [3.05, 3.63) is 16.0 Å². The summed E-state index contributed by atoms with van der Waals surface area (Å²) in [6.07, 6.45) is 4.35. The van der Waals surface area contributed by atoms with Gasteiger partial charge in [-0.05, 0) is 51.0 Å². The first-order valence-electron chi connectivity index (χ1n) is 9.52. The summed E-state index contributed by atoms with van der Waals surface area (Å²) >= 11 is 1.41. The van der Waals surface area contributed by atoms with E-state index in [0.29, 0.717) is 23.4 Å². The Bertz CT molecular complexity index is 787. The van der Waals surface area contributed by atoms with Crippen LogP contribution in [0.2, 0.25) is 0 Å². The van der Waals surface area contributed by atoms with Gasteiger partial charge in [-0.15, -0.1) is 11.3 Å². The van der Waals surface area contributed by atoms with Crippen LogP contribution in [-0.4, -0.2) is 41.8 Å². The number of rotatable bonds is 5. The van der Waals surface area contributed by atoms with Crippen molar-refractivity contribution in [1.82, 2.24) is 0 Å². The topological polar surface area (TPSA) is 102 Å². The summed E-state index contributed by atoms with van der Waals surface area (Å²) in [6, 6.07) is 0. The third kappa shape index (κ3) is 3.14. The van der Waals surface area contributed by atoms with E-state index in [9.17, 15) is 19.5 Å². The molecule has 4 rings (SSSR count). The number of aryl methyl sites for hydroxylation is 1. The van der Waals surface area contributed by atoms with E-state index in [1.54, 1.807) is 6.92 Å². The molecule has 2 aliphatic heterocycles. The predicted molar refractivity (Wildman–Crippen MR) is 98.1 cm³/mol. The standard InChI is InChI=1S/C19H23NO6S/c1-2-25-19(24)13-9-5-3-4-6-12(9)27-17(13)20-16(21)14-10-7-8-11(26-10)15(14)18(22)23/h10-11,14-15H,2-8H2,1H3,(H,20,21)(H,22,23)/t10-,11-,14+,15-/m1/s1. The molecule has 2 saturated heterocycles. The maximum Gasteiger partial charge on any atom is 0.341 e. The van der Waals surface area contributed by atoms with Crippen LogP contribution in [0.1, 0.15) is 53.4 Å². The van der Waals surface area contributed by atoms with Crippen molar-refractivity contribution in [3.63, 3.8) is 0 Å². The molecule has 3 aliphatic rings. The van der Waals surface area contributed by atoms with Crippen LogP contribution in [0, 0.1) is 11.8 Å². The van der Waals surface area contributed by atoms with Crippen molar-refractivity contribution in [1.29, 1.82) is 0 Å². The monoisotopic (exact) mass is 393 g/mol. The zero-order valence-electron chi connectivity index (χ0n) is 15.2. The Morgan fingerprint density at radius 1 is 1.19 bits per heavy atom. The number of anilines is 1. The van der Waals surface area contributed by atoms with E-state index < -0.39 is 29.9 Å². The van der Waals surface area contributed by atoms with Crippen LogP contribution in [0.3, 0.4) is 0 Å². The number of hydrogen-bond donors (Lipinski definition) is 2. The van der Waals surface area contributed by atoms with Crippen LogP contribution in [0.15, 0.2) is 0 Å². The van der Waals surface area contributed by atoms with Crippen molar-refractivity contribution in [2.24, 2.45) is 11.8 Å². The first kappa shape index (κ1) is 18.4. The first-order valence-corrected chi connectivity index (χ1v) is 10.3. The molecule has 0 spiro atoms. The number of hydrogen-bond acceptors (Lipinski definition) is 6. The van der Waals surface area contributed by atoms with E-state index in [0.717, 1.165) is 36.1 Å². The molecule has 0 radical (unpaired) electrons. The Balaban J connectivity index is 1.62. The number of aliphatic carboxylic acids is 1. The number of ether oxygens (including phenoxy) is 2. The van der Waals surface area contributed by atoms with Gasteiger partial charge in [0.15, 0.2) is 0 Å². The largest absolute Gasteiger partial charge is 0.481 e. The highest BCUT2D eigenvalue weighted by atomic mass is 32.1. The quantitative estimate of drug-likeness (QED) is 0.746. The summed E-state index contributed by atoms with van der Waals surface area (Å²) in [5.74, 6) is -3.36. The summed E-state index contributed by atoms with van der Waals surface area (Å²) < 4.78 is 10.9. The summed E-state index contributed by atoms with van der Waals surface area (Å²) in [6.45, 7) is 2.01. The highest BCUT2D eigenvalue weighted by Gasteiger charge is 2.55. The van der Waals surface area contributed by atoms with Gasteiger partial charge in [0.2, 0.25) is 5.91 Å². The molecule has 27 heavy (non-hydrogen) atoms. The van der Waals surface area contributed by atoms with Gasteiger partial charge in [0, 0.05) is 4.88 Å². The van der Waals surface area contributed by atoms with Gasteiger partial charge in [-0.25, -0.2) is 4.79 Å². The highest BCUT2D eigenvalue weighted by Crippen LogP contribution is 2.45. The number of thiophene rings is 1. The van der Waals surface area contributed by atoms with Crippen molar-refractivity contribution < 1.29 is 29.0 Å². The lowest BCUT2D eigenvalue weighted by atomic mass is 9.78. The summed E-state index contributed by atoms with van der Waals surface area (Å²) in [4.78, 5) is 38.2. The molecule has 146 valence electrons. The molecular weight excluding hydrogens is 370 g/mol. The van der Waals surface area contributed by atoms with Gasteiger partial charge in [-0.1, -0.05) is 0 Å². The van der Waals surface area contributed by atoms with Crippen molar-refractivity contribution in [3.8, 4) is 0 Å². The SMILES string of the molecule is CCOC(=O)c1c(NC(=O)[C@@H]2[C@H](C(=O)O)[C@H]3CC[C@H]2O3)sc2c1CCCC2. The number of nitrogens with one attached hydrogen (secondary N) is 1. The van der Waals surface area contributed by atoms with Gasteiger partial charge in [-0.3, -0.25) is 9.59 Å². The molecule has 1 aromatic heterocycles. The second-order valence-corrected chi connectivity index (χ2v) is 8.41. The van der Waals surface area contributed by atoms with Gasteiger partial charge in [0.05, 0.1) is 36.2 Å². The van der Waals surface area contributed by atoms with Gasteiger partial charge >= 0.3 is 11.9 Å². The Hall–Kier alpha value is -1.93. The Labute approximate surface area is 161 Å². The van der Waals surface area contributed by atoms with Crippen LogP contribution >= 0.6 is 11.3 Å².